The number of carbonyl (C=O) groups is 2. The molecule has 0 aliphatic heterocycles. The van der Waals surface area contributed by atoms with Gasteiger partial charge in [0, 0.05) is 6.08 Å². The van der Waals surface area contributed by atoms with Crippen molar-refractivity contribution >= 4 is 18.0 Å². The normalized spacial score (nSPS) is 14.1. The second kappa shape index (κ2) is 14.6. The molecule has 0 radical (unpaired) electrons. The van der Waals surface area contributed by atoms with Crippen molar-refractivity contribution in [1.29, 1.82) is 0 Å². The van der Waals surface area contributed by atoms with E-state index in [-0.39, 0.29) is 16.8 Å². The van der Waals surface area contributed by atoms with E-state index in [1.54, 1.807) is 18.2 Å². The van der Waals surface area contributed by atoms with Gasteiger partial charge in [-0.05, 0) is 73.6 Å². The molecule has 0 N–H and O–H groups in total. The number of hydrogen-bond acceptors (Lipinski definition) is 6. The average molecular weight is 559 g/mol. The molecule has 9 heteroatoms. The van der Waals surface area contributed by atoms with Crippen LogP contribution < -0.4 is 9.47 Å². The van der Waals surface area contributed by atoms with Crippen molar-refractivity contribution < 1.29 is 41.7 Å². The van der Waals surface area contributed by atoms with Gasteiger partial charge < -0.3 is 18.9 Å². The quantitative estimate of drug-likeness (QED) is 0.132. The Kier molecular flexibility index (Phi) is 12.9. The minimum atomic E-state index is -4.57. The first-order valence-corrected chi connectivity index (χ1v) is 13.3. The molecule has 39 heavy (non-hydrogen) atoms. The number of unbranched alkanes of at least 4 members (excludes halogenated alkanes) is 3. The minimum absolute atomic E-state index is 0.00830. The molecule has 0 aromatic heterocycles. The van der Waals surface area contributed by atoms with Crippen LogP contribution in [0.3, 0.4) is 0 Å². The van der Waals surface area contributed by atoms with Crippen LogP contribution in [0.2, 0.25) is 0 Å². The lowest BCUT2D eigenvalue weighted by atomic mass is 9.61. The van der Waals surface area contributed by atoms with Gasteiger partial charge in [0.2, 0.25) is 0 Å². The smallest absolute Gasteiger partial charge is 0.422 e. The molecule has 0 fully saturated rings. The summed E-state index contributed by atoms with van der Waals surface area (Å²) in [6.07, 6.45) is 1.81. The second-order valence-electron chi connectivity index (χ2n) is 12.2. The topological polar surface area (TPSA) is 71.1 Å². The highest BCUT2D eigenvalue weighted by atomic mass is 19.4. The zero-order valence-electron chi connectivity index (χ0n) is 24.6. The van der Waals surface area contributed by atoms with Crippen molar-refractivity contribution in [3.05, 3.63) is 29.8 Å². The molecule has 1 rings (SSSR count). The average Bonchev–Trinajstić information content (AvgIpc) is 2.80. The summed E-state index contributed by atoms with van der Waals surface area (Å²) in [7, 11) is 1.47. The summed E-state index contributed by atoms with van der Waals surface area (Å²) in [6.45, 7) is 13.9. The van der Waals surface area contributed by atoms with E-state index >= 15 is 0 Å². The van der Waals surface area contributed by atoms with Crippen LogP contribution in [0.5, 0.6) is 11.5 Å². The van der Waals surface area contributed by atoms with Crippen LogP contribution in [0, 0.1) is 16.2 Å². The molecule has 1 atom stereocenters. The number of hydrogen-bond donors (Lipinski definition) is 0. The highest BCUT2D eigenvalue weighted by Crippen LogP contribution is 2.47. The van der Waals surface area contributed by atoms with Crippen LogP contribution in [0.4, 0.5) is 13.2 Å². The second-order valence-corrected chi connectivity index (χ2v) is 12.2. The van der Waals surface area contributed by atoms with Gasteiger partial charge in [-0.15, -0.1) is 0 Å². The van der Waals surface area contributed by atoms with Crippen LogP contribution in [0.25, 0.3) is 6.08 Å². The van der Waals surface area contributed by atoms with E-state index in [4.69, 9.17) is 14.2 Å². The number of ether oxygens (including phenoxy) is 4. The molecule has 1 aromatic rings. The van der Waals surface area contributed by atoms with Gasteiger partial charge in [-0.2, -0.15) is 13.2 Å². The standard InChI is InChI=1S/C30H45F3O6/c1-27(2,3)20-29(7,28(4,5)6)26(35)38-18-12-10-9-11-17-37-23-15-13-22(19-24(23)36-8)14-16-25(34)39-21-30(31,32)33/h13-16,19H,9-12,17-18,20-21H2,1-8H3/b16-14+. The molecule has 6 nitrogen and oxygen atoms in total. The van der Waals surface area contributed by atoms with E-state index in [2.05, 4.69) is 46.3 Å². The lowest BCUT2D eigenvalue weighted by molar-refractivity contribution is -0.182. The third kappa shape index (κ3) is 12.8. The third-order valence-electron chi connectivity index (χ3n) is 6.50. The van der Waals surface area contributed by atoms with Crippen LogP contribution in [-0.2, 0) is 19.1 Å². The number of alkyl halides is 3. The van der Waals surface area contributed by atoms with E-state index in [1.807, 2.05) is 6.92 Å². The highest BCUT2D eigenvalue weighted by Gasteiger charge is 2.47. The molecule has 0 aliphatic carbocycles. The van der Waals surface area contributed by atoms with Gasteiger partial charge in [0.15, 0.2) is 18.1 Å². The van der Waals surface area contributed by atoms with Gasteiger partial charge in [-0.3, -0.25) is 4.79 Å². The summed E-state index contributed by atoms with van der Waals surface area (Å²) in [6, 6.07) is 4.94. The summed E-state index contributed by atoms with van der Waals surface area (Å²) in [4.78, 5) is 24.4. The summed E-state index contributed by atoms with van der Waals surface area (Å²) in [5.41, 5.74) is -0.233. The predicted molar refractivity (Wildman–Crippen MR) is 146 cm³/mol. The van der Waals surface area contributed by atoms with Crippen LogP contribution in [0.1, 0.15) is 86.1 Å². The molecular weight excluding hydrogens is 513 g/mol. The summed E-state index contributed by atoms with van der Waals surface area (Å²) >= 11 is 0. The fourth-order valence-corrected chi connectivity index (χ4v) is 4.04. The number of esters is 2. The van der Waals surface area contributed by atoms with Crippen LogP contribution in [-0.4, -0.2) is 45.0 Å². The van der Waals surface area contributed by atoms with Crippen molar-refractivity contribution in [3.8, 4) is 11.5 Å². The Balaban J connectivity index is 2.44. The Bertz CT molecular complexity index is 957. The Morgan fingerprint density at radius 1 is 0.846 bits per heavy atom. The van der Waals surface area contributed by atoms with Gasteiger partial charge in [-0.25, -0.2) is 4.79 Å². The Hall–Kier alpha value is -2.71. The first-order valence-electron chi connectivity index (χ1n) is 13.3. The zero-order valence-corrected chi connectivity index (χ0v) is 24.6. The molecule has 0 saturated heterocycles. The maximum Gasteiger partial charge on any atom is 0.422 e. The Morgan fingerprint density at radius 2 is 1.46 bits per heavy atom. The first kappa shape index (κ1) is 34.3. The van der Waals surface area contributed by atoms with Crippen molar-refractivity contribution in [2.45, 2.75) is 86.7 Å². The lowest BCUT2D eigenvalue weighted by Gasteiger charge is -2.43. The van der Waals surface area contributed by atoms with Gasteiger partial charge >= 0.3 is 18.1 Å². The fourth-order valence-electron chi connectivity index (χ4n) is 4.04. The summed E-state index contributed by atoms with van der Waals surface area (Å²) in [5.74, 6) is -0.278. The van der Waals surface area contributed by atoms with E-state index < -0.39 is 24.2 Å². The van der Waals surface area contributed by atoms with Gasteiger partial charge in [0.05, 0.1) is 25.7 Å². The Labute approximate surface area is 231 Å². The Morgan fingerprint density at radius 3 is 2.00 bits per heavy atom. The SMILES string of the molecule is COc1cc(/C=C/C(=O)OCC(F)(F)F)ccc1OCCCCCCOC(=O)C(C)(CC(C)(C)C)C(C)(C)C. The fraction of sp³-hybridized carbons (Fsp3) is 0.667. The van der Waals surface area contributed by atoms with Gasteiger partial charge in [0.1, 0.15) is 0 Å². The van der Waals surface area contributed by atoms with Crippen molar-refractivity contribution in [2.24, 2.45) is 16.2 Å². The zero-order chi connectivity index (χ0) is 29.9. The molecule has 0 bridgehead atoms. The van der Waals surface area contributed by atoms with Crippen LogP contribution >= 0.6 is 0 Å². The van der Waals surface area contributed by atoms with Crippen molar-refractivity contribution in [1.82, 2.24) is 0 Å². The maximum absolute atomic E-state index is 13.0. The van der Waals surface area contributed by atoms with Crippen LogP contribution in [0.15, 0.2) is 24.3 Å². The number of benzene rings is 1. The molecule has 222 valence electrons. The number of carbonyl (C=O) groups excluding carboxylic acids is 2. The van der Waals surface area contributed by atoms with E-state index in [0.717, 1.165) is 38.2 Å². The molecule has 0 aliphatic rings. The minimum Gasteiger partial charge on any atom is -0.493 e. The number of halogens is 3. The molecule has 0 saturated carbocycles. The largest absolute Gasteiger partial charge is 0.493 e. The van der Waals surface area contributed by atoms with Crippen molar-refractivity contribution in [3.63, 3.8) is 0 Å². The predicted octanol–water partition coefficient (Wildman–Crippen LogP) is 7.78. The lowest BCUT2D eigenvalue weighted by Crippen LogP contribution is -2.44. The number of methoxy groups -OCH3 is 1. The van der Waals surface area contributed by atoms with E-state index in [1.165, 1.54) is 13.2 Å². The van der Waals surface area contributed by atoms with E-state index in [9.17, 15) is 22.8 Å². The molecule has 1 aromatic carbocycles. The van der Waals surface area contributed by atoms with E-state index in [0.29, 0.717) is 30.3 Å². The van der Waals surface area contributed by atoms with Gasteiger partial charge in [-0.1, -0.05) is 47.6 Å². The summed E-state index contributed by atoms with van der Waals surface area (Å²) in [5, 5.41) is 0. The highest BCUT2D eigenvalue weighted by molar-refractivity contribution is 5.87. The molecule has 0 amide bonds. The van der Waals surface area contributed by atoms with Crippen molar-refractivity contribution in [2.75, 3.05) is 26.9 Å². The number of rotatable bonds is 14. The molecule has 0 heterocycles. The molecule has 1 unspecified atom stereocenters. The maximum atomic E-state index is 13.0. The monoisotopic (exact) mass is 558 g/mol. The van der Waals surface area contributed by atoms with Gasteiger partial charge in [0.25, 0.3) is 0 Å². The summed E-state index contributed by atoms with van der Waals surface area (Å²) < 4.78 is 57.3. The molecular formula is C30H45F3O6. The first-order chi connectivity index (χ1) is 17.9. The molecule has 0 spiro atoms. The third-order valence-corrected chi connectivity index (χ3v) is 6.50.